The second-order valence-electron chi connectivity index (χ2n) is 9.21. The molecule has 0 heterocycles. The van der Waals surface area contributed by atoms with Gasteiger partial charge < -0.3 is 0 Å². The van der Waals surface area contributed by atoms with Gasteiger partial charge in [-0.3, -0.25) is 4.79 Å². The first-order valence-electron chi connectivity index (χ1n) is 9.93. The summed E-state index contributed by atoms with van der Waals surface area (Å²) in [5.41, 5.74) is 5.41. The van der Waals surface area contributed by atoms with Gasteiger partial charge in [-0.15, -0.1) is 0 Å². The van der Waals surface area contributed by atoms with Gasteiger partial charge in [0.1, 0.15) is 0 Å². The second kappa shape index (κ2) is 6.59. The van der Waals surface area contributed by atoms with Crippen LogP contribution in [0.2, 0.25) is 0 Å². The molecule has 5 rings (SSSR count). The van der Waals surface area contributed by atoms with Crippen molar-refractivity contribution < 1.29 is 4.79 Å². The molecule has 0 spiro atoms. The highest BCUT2D eigenvalue weighted by Gasteiger charge is 2.51. The van der Waals surface area contributed by atoms with Crippen molar-refractivity contribution in [1.29, 1.82) is 0 Å². The number of hydrogen-bond acceptors (Lipinski definition) is 2. The van der Waals surface area contributed by atoms with Crippen LogP contribution in [0.15, 0.2) is 29.4 Å². The van der Waals surface area contributed by atoms with Gasteiger partial charge in [-0.2, -0.15) is 5.10 Å². The highest BCUT2D eigenvalue weighted by Crippen LogP contribution is 2.61. The third-order valence-corrected chi connectivity index (χ3v) is 6.71. The molecule has 4 saturated carbocycles. The predicted molar refractivity (Wildman–Crippen MR) is 101 cm³/mol. The number of amides is 1. The summed E-state index contributed by atoms with van der Waals surface area (Å²) in [6.45, 7) is 4.38. The van der Waals surface area contributed by atoms with Crippen LogP contribution in [-0.2, 0) is 4.79 Å². The predicted octanol–water partition coefficient (Wildman–Crippen LogP) is 4.87. The fourth-order valence-corrected chi connectivity index (χ4v) is 6.03. The van der Waals surface area contributed by atoms with Gasteiger partial charge >= 0.3 is 0 Å². The molecule has 4 bridgehead atoms. The monoisotopic (exact) mass is 338 g/mol. The van der Waals surface area contributed by atoms with Crippen LogP contribution in [0.25, 0.3) is 0 Å². The fourth-order valence-electron chi connectivity index (χ4n) is 6.03. The molecule has 4 aliphatic carbocycles. The van der Waals surface area contributed by atoms with Gasteiger partial charge in [0.05, 0.1) is 6.21 Å². The van der Waals surface area contributed by atoms with E-state index in [4.69, 9.17) is 0 Å². The number of nitrogens with one attached hydrogen (secondary N) is 1. The third kappa shape index (κ3) is 3.65. The molecule has 1 aromatic rings. The number of hydrogen-bond donors (Lipinski definition) is 1. The molecule has 4 fully saturated rings. The second-order valence-corrected chi connectivity index (χ2v) is 9.21. The summed E-state index contributed by atoms with van der Waals surface area (Å²) in [7, 11) is 0. The van der Waals surface area contributed by atoms with E-state index in [0.717, 1.165) is 23.3 Å². The van der Waals surface area contributed by atoms with E-state index in [9.17, 15) is 4.79 Å². The lowest BCUT2D eigenvalue weighted by Gasteiger charge is -2.56. The van der Waals surface area contributed by atoms with Crippen molar-refractivity contribution >= 4 is 12.1 Å². The Kier molecular flexibility index (Phi) is 4.43. The van der Waals surface area contributed by atoms with Gasteiger partial charge in [-0.25, -0.2) is 5.43 Å². The zero-order chi connectivity index (χ0) is 17.4. The van der Waals surface area contributed by atoms with E-state index < -0.39 is 0 Å². The Morgan fingerprint density at radius 3 is 2.20 bits per heavy atom. The lowest BCUT2D eigenvalue weighted by Crippen LogP contribution is -2.47. The minimum absolute atomic E-state index is 0.0944. The maximum atomic E-state index is 12.4. The van der Waals surface area contributed by atoms with Gasteiger partial charge in [-0.05, 0) is 78.7 Å². The average Bonchev–Trinajstić information content (AvgIpc) is 2.53. The zero-order valence-corrected chi connectivity index (χ0v) is 15.5. The van der Waals surface area contributed by atoms with Gasteiger partial charge in [0.25, 0.3) is 0 Å². The molecule has 1 N–H and O–H groups in total. The van der Waals surface area contributed by atoms with Crippen LogP contribution < -0.4 is 5.43 Å². The lowest BCUT2D eigenvalue weighted by molar-refractivity contribution is -0.129. The smallest absolute Gasteiger partial charge is 0.240 e. The number of benzene rings is 1. The molecule has 0 saturated heterocycles. The first kappa shape index (κ1) is 16.8. The van der Waals surface area contributed by atoms with Gasteiger partial charge in [-0.1, -0.05) is 38.1 Å². The number of hydrazone groups is 1. The summed E-state index contributed by atoms with van der Waals surface area (Å²) in [5.74, 6) is 3.30. The van der Waals surface area contributed by atoms with Crippen molar-refractivity contribution in [2.45, 2.75) is 64.7 Å². The van der Waals surface area contributed by atoms with Crippen LogP contribution in [0.5, 0.6) is 0 Å². The first-order valence-corrected chi connectivity index (χ1v) is 9.93. The Balaban J connectivity index is 1.32. The standard InChI is InChI=1S/C22H30N2O/c1-15(2)20-5-3-16(4-6-20)14-23-24-21(25)13-22-10-17-7-18(11-22)9-19(8-17)12-22/h3-6,14-15,17-19H,7-13H2,1-2H3,(H,24,25)/b23-14-. The minimum Gasteiger partial charge on any atom is -0.273 e. The van der Waals surface area contributed by atoms with Crippen molar-refractivity contribution in [3.05, 3.63) is 35.4 Å². The number of nitrogens with zero attached hydrogens (tertiary/aromatic N) is 1. The van der Waals surface area contributed by atoms with E-state index in [1.165, 1.54) is 44.1 Å². The zero-order valence-electron chi connectivity index (χ0n) is 15.5. The molecule has 3 heteroatoms. The van der Waals surface area contributed by atoms with Crippen LogP contribution in [0.3, 0.4) is 0 Å². The largest absolute Gasteiger partial charge is 0.273 e. The van der Waals surface area contributed by atoms with Crippen LogP contribution in [0.1, 0.15) is 75.8 Å². The maximum Gasteiger partial charge on any atom is 0.240 e. The molecule has 134 valence electrons. The van der Waals surface area contributed by atoms with Crippen molar-refractivity contribution in [3.63, 3.8) is 0 Å². The van der Waals surface area contributed by atoms with Crippen LogP contribution >= 0.6 is 0 Å². The first-order chi connectivity index (χ1) is 12.0. The van der Waals surface area contributed by atoms with E-state index in [1.807, 2.05) is 0 Å². The summed E-state index contributed by atoms with van der Waals surface area (Å²) < 4.78 is 0. The number of carbonyl (C=O) groups excluding carboxylic acids is 1. The molecular formula is C22H30N2O. The molecule has 0 radical (unpaired) electrons. The molecule has 0 aromatic heterocycles. The summed E-state index contributed by atoms with van der Waals surface area (Å²) in [5, 5.41) is 4.19. The molecule has 1 aromatic carbocycles. The molecule has 25 heavy (non-hydrogen) atoms. The number of carbonyl (C=O) groups is 1. The summed E-state index contributed by atoms with van der Waals surface area (Å²) in [6.07, 6.45) is 10.5. The molecule has 0 unspecified atom stereocenters. The molecule has 0 aliphatic heterocycles. The highest BCUT2D eigenvalue weighted by atomic mass is 16.2. The summed E-state index contributed by atoms with van der Waals surface area (Å²) >= 11 is 0. The van der Waals surface area contributed by atoms with Gasteiger partial charge in [0, 0.05) is 6.42 Å². The van der Waals surface area contributed by atoms with E-state index >= 15 is 0 Å². The Hall–Kier alpha value is -1.64. The molecule has 1 amide bonds. The summed E-state index contributed by atoms with van der Waals surface area (Å²) in [4.78, 5) is 12.4. The normalized spacial score (nSPS) is 33.3. The van der Waals surface area contributed by atoms with Crippen molar-refractivity contribution in [2.24, 2.45) is 28.3 Å². The van der Waals surface area contributed by atoms with E-state index in [0.29, 0.717) is 12.3 Å². The lowest BCUT2D eigenvalue weighted by atomic mass is 9.49. The van der Waals surface area contributed by atoms with E-state index in [-0.39, 0.29) is 11.3 Å². The SMILES string of the molecule is CC(C)c1ccc(/C=N\NC(=O)CC23CC4CC(CC(C4)C2)C3)cc1. The third-order valence-electron chi connectivity index (χ3n) is 6.71. The van der Waals surface area contributed by atoms with Crippen molar-refractivity contribution in [2.75, 3.05) is 0 Å². The van der Waals surface area contributed by atoms with Crippen LogP contribution in [-0.4, -0.2) is 12.1 Å². The Morgan fingerprint density at radius 2 is 1.68 bits per heavy atom. The van der Waals surface area contributed by atoms with Gasteiger partial charge in [0.15, 0.2) is 0 Å². The molecule has 3 nitrogen and oxygen atoms in total. The average molecular weight is 338 g/mol. The fraction of sp³-hybridized carbons (Fsp3) is 0.636. The van der Waals surface area contributed by atoms with Crippen molar-refractivity contribution in [3.8, 4) is 0 Å². The Bertz CT molecular complexity index is 624. The van der Waals surface area contributed by atoms with E-state index in [1.54, 1.807) is 6.21 Å². The van der Waals surface area contributed by atoms with Crippen molar-refractivity contribution in [1.82, 2.24) is 5.43 Å². The van der Waals surface area contributed by atoms with E-state index in [2.05, 4.69) is 48.6 Å². The van der Waals surface area contributed by atoms with Crippen LogP contribution in [0, 0.1) is 23.2 Å². The summed E-state index contributed by atoms with van der Waals surface area (Å²) in [6, 6.07) is 8.38. The minimum atomic E-state index is 0.0944. The molecule has 4 aliphatic rings. The molecular weight excluding hydrogens is 308 g/mol. The Labute approximate surface area is 151 Å². The number of rotatable bonds is 5. The molecule has 0 atom stereocenters. The van der Waals surface area contributed by atoms with Gasteiger partial charge in [0.2, 0.25) is 5.91 Å². The maximum absolute atomic E-state index is 12.4. The highest BCUT2D eigenvalue weighted by molar-refractivity contribution is 5.82. The Morgan fingerprint density at radius 1 is 1.12 bits per heavy atom. The van der Waals surface area contributed by atoms with Crippen LogP contribution in [0.4, 0.5) is 0 Å². The topological polar surface area (TPSA) is 41.5 Å². The quantitative estimate of drug-likeness (QED) is 0.604.